The van der Waals surface area contributed by atoms with Gasteiger partial charge in [-0.15, -0.1) is 0 Å². The van der Waals surface area contributed by atoms with Crippen LogP contribution in [0.25, 0.3) is 0 Å². The number of likely N-dealkylation sites (N-methyl/N-ethyl adjacent to an activating group) is 1. The Bertz CT molecular complexity index is 398. The number of nitrogens with two attached hydrogens (primary N) is 1. The number of nitrogens with zero attached hydrogens (tertiary/aromatic N) is 3. The van der Waals surface area contributed by atoms with E-state index < -0.39 is 0 Å². The van der Waals surface area contributed by atoms with Crippen molar-refractivity contribution in [2.75, 3.05) is 24.8 Å². The van der Waals surface area contributed by atoms with Gasteiger partial charge in [0.1, 0.15) is 23.5 Å². The lowest BCUT2D eigenvalue weighted by molar-refractivity contribution is -0.129. The third kappa shape index (κ3) is 3.56. The maximum atomic E-state index is 11.7. The minimum absolute atomic E-state index is 0.0195. The van der Waals surface area contributed by atoms with Crippen LogP contribution in [-0.2, 0) is 11.2 Å². The summed E-state index contributed by atoms with van der Waals surface area (Å²) >= 11 is 0. The summed E-state index contributed by atoms with van der Waals surface area (Å²) < 4.78 is 0. The topological polar surface area (TPSA) is 96.2 Å². The number of hydrazine groups is 1. The normalized spacial score (nSPS) is 11.8. The Morgan fingerprint density at radius 3 is 2.56 bits per heavy atom. The molecule has 0 spiro atoms. The SMILES string of the molecule is CCc1nc(NN)cc(NC(C)C(=O)N(C)C)n1. The molecule has 0 bridgehead atoms. The maximum Gasteiger partial charge on any atom is 0.244 e. The van der Waals surface area contributed by atoms with Crippen LogP contribution in [-0.4, -0.2) is 40.9 Å². The van der Waals surface area contributed by atoms with Crippen LogP contribution >= 0.6 is 0 Å². The van der Waals surface area contributed by atoms with E-state index in [1.807, 2.05) is 6.92 Å². The summed E-state index contributed by atoms with van der Waals surface area (Å²) in [7, 11) is 3.43. The van der Waals surface area contributed by atoms with Crippen molar-refractivity contribution in [1.82, 2.24) is 14.9 Å². The predicted octanol–water partition coefficient (Wildman–Crippen LogP) is 0.213. The summed E-state index contributed by atoms with van der Waals surface area (Å²) in [5.41, 5.74) is 2.48. The number of carbonyl (C=O) groups excluding carboxylic acids is 1. The zero-order valence-electron chi connectivity index (χ0n) is 11.2. The van der Waals surface area contributed by atoms with Gasteiger partial charge in [-0.2, -0.15) is 0 Å². The highest BCUT2D eigenvalue weighted by atomic mass is 16.2. The number of hydrogen-bond acceptors (Lipinski definition) is 6. The van der Waals surface area contributed by atoms with E-state index in [4.69, 9.17) is 5.84 Å². The molecule has 1 aromatic heterocycles. The van der Waals surface area contributed by atoms with Gasteiger partial charge in [-0.25, -0.2) is 15.8 Å². The first-order valence-corrected chi connectivity index (χ1v) is 5.80. The van der Waals surface area contributed by atoms with Crippen molar-refractivity contribution in [1.29, 1.82) is 0 Å². The molecule has 0 aliphatic rings. The van der Waals surface area contributed by atoms with Crippen LogP contribution in [0.1, 0.15) is 19.7 Å². The number of rotatable bonds is 5. The fourth-order valence-electron chi connectivity index (χ4n) is 1.47. The Morgan fingerprint density at radius 2 is 2.06 bits per heavy atom. The van der Waals surface area contributed by atoms with Gasteiger partial charge < -0.3 is 15.6 Å². The van der Waals surface area contributed by atoms with Gasteiger partial charge in [-0.1, -0.05) is 6.92 Å². The number of anilines is 2. The highest BCUT2D eigenvalue weighted by molar-refractivity contribution is 5.83. The van der Waals surface area contributed by atoms with Crippen molar-refractivity contribution in [3.8, 4) is 0 Å². The van der Waals surface area contributed by atoms with Crippen LogP contribution in [0.5, 0.6) is 0 Å². The summed E-state index contributed by atoms with van der Waals surface area (Å²) in [4.78, 5) is 21.7. The van der Waals surface area contributed by atoms with Gasteiger partial charge in [0.15, 0.2) is 0 Å². The summed E-state index contributed by atoms with van der Waals surface area (Å²) in [5.74, 6) is 7.09. The molecule has 0 aromatic carbocycles. The molecule has 0 radical (unpaired) electrons. The lowest BCUT2D eigenvalue weighted by atomic mass is 10.3. The average Bonchev–Trinajstić information content (AvgIpc) is 2.36. The highest BCUT2D eigenvalue weighted by Gasteiger charge is 2.15. The molecule has 0 aliphatic carbocycles. The summed E-state index contributed by atoms with van der Waals surface area (Å²) in [6.07, 6.45) is 0.695. The van der Waals surface area contributed by atoms with Gasteiger partial charge in [0.25, 0.3) is 0 Å². The van der Waals surface area contributed by atoms with Crippen LogP contribution in [0.3, 0.4) is 0 Å². The molecular weight excluding hydrogens is 232 g/mol. The zero-order chi connectivity index (χ0) is 13.7. The fraction of sp³-hybridized carbons (Fsp3) is 0.545. The average molecular weight is 252 g/mol. The molecule has 1 amide bonds. The molecule has 1 unspecified atom stereocenters. The molecule has 0 fully saturated rings. The molecule has 1 heterocycles. The highest BCUT2D eigenvalue weighted by Crippen LogP contribution is 2.12. The second kappa shape index (κ2) is 6.15. The molecular formula is C11H20N6O. The Balaban J connectivity index is 2.86. The van der Waals surface area contributed by atoms with Gasteiger partial charge in [0.05, 0.1) is 0 Å². The molecule has 1 aromatic rings. The van der Waals surface area contributed by atoms with Crippen molar-refractivity contribution in [2.24, 2.45) is 5.84 Å². The fourth-order valence-corrected chi connectivity index (χ4v) is 1.47. The van der Waals surface area contributed by atoms with Crippen LogP contribution in [0.4, 0.5) is 11.6 Å². The van der Waals surface area contributed by atoms with Gasteiger partial charge >= 0.3 is 0 Å². The number of aromatic nitrogens is 2. The Morgan fingerprint density at radius 1 is 1.44 bits per heavy atom. The van der Waals surface area contributed by atoms with Crippen molar-refractivity contribution in [3.05, 3.63) is 11.9 Å². The van der Waals surface area contributed by atoms with Gasteiger partial charge in [-0.3, -0.25) is 4.79 Å². The molecule has 18 heavy (non-hydrogen) atoms. The third-order valence-corrected chi connectivity index (χ3v) is 2.41. The molecule has 100 valence electrons. The van der Waals surface area contributed by atoms with Crippen molar-refractivity contribution < 1.29 is 4.79 Å². The maximum absolute atomic E-state index is 11.7. The zero-order valence-corrected chi connectivity index (χ0v) is 11.2. The van der Waals surface area contributed by atoms with Crippen LogP contribution in [0.15, 0.2) is 6.07 Å². The smallest absolute Gasteiger partial charge is 0.244 e. The summed E-state index contributed by atoms with van der Waals surface area (Å²) in [5, 5.41) is 3.03. The minimum Gasteiger partial charge on any atom is -0.358 e. The third-order valence-electron chi connectivity index (χ3n) is 2.41. The van der Waals surface area contributed by atoms with E-state index in [0.717, 1.165) is 0 Å². The lowest BCUT2D eigenvalue weighted by Gasteiger charge is -2.19. The molecule has 1 atom stereocenters. The number of hydrogen-bond donors (Lipinski definition) is 3. The Labute approximate surface area is 107 Å². The quantitative estimate of drug-likeness (QED) is 0.512. The van der Waals surface area contributed by atoms with Crippen LogP contribution < -0.4 is 16.6 Å². The van der Waals surface area contributed by atoms with Crippen molar-refractivity contribution >= 4 is 17.5 Å². The van der Waals surface area contributed by atoms with E-state index in [1.54, 1.807) is 27.1 Å². The molecule has 1 rings (SSSR count). The monoisotopic (exact) mass is 252 g/mol. The molecule has 0 saturated heterocycles. The largest absolute Gasteiger partial charge is 0.358 e. The minimum atomic E-state index is -0.356. The van der Waals surface area contributed by atoms with Crippen LogP contribution in [0, 0.1) is 0 Å². The Hall–Kier alpha value is -1.89. The number of nitrogen functional groups attached to an aromatic ring is 1. The van der Waals surface area contributed by atoms with Gasteiger partial charge in [-0.05, 0) is 6.92 Å². The first kappa shape index (κ1) is 14.2. The van der Waals surface area contributed by atoms with Crippen molar-refractivity contribution in [2.45, 2.75) is 26.3 Å². The molecule has 0 aliphatic heterocycles. The molecule has 0 saturated carbocycles. The van der Waals surface area contributed by atoms with Gasteiger partial charge in [0.2, 0.25) is 5.91 Å². The number of amides is 1. The number of aryl methyl sites for hydroxylation is 1. The number of nitrogens with one attached hydrogen (secondary N) is 2. The summed E-state index contributed by atoms with van der Waals surface area (Å²) in [6, 6.07) is 1.31. The first-order valence-electron chi connectivity index (χ1n) is 5.80. The van der Waals surface area contributed by atoms with E-state index in [0.29, 0.717) is 23.9 Å². The van der Waals surface area contributed by atoms with Crippen LogP contribution in [0.2, 0.25) is 0 Å². The molecule has 4 N–H and O–H groups in total. The molecule has 7 heteroatoms. The standard InChI is InChI=1S/C11H20N6O/c1-5-8-14-9(6-10(15-8)16-12)13-7(2)11(18)17(3)4/h6-7H,5,12H2,1-4H3,(H2,13,14,15,16). The molecule has 7 nitrogen and oxygen atoms in total. The summed E-state index contributed by atoms with van der Waals surface area (Å²) in [6.45, 7) is 3.74. The Kier molecular flexibility index (Phi) is 4.85. The van der Waals surface area contributed by atoms with E-state index in [1.165, 1.54) is 4.90 Å². The number of carbonyl (C=O) groups is 1. The first-order chi connectivity index (χ1) is 8.47. The van der Waals surface area contributed by atoms with Gasteiger partial charge in [0, 0.05) is 26.6 Å². The van der Waals surface area contributed by atoms with E-state index in [9.17, 15) is 4.79 Å². The second-order valence-electron chi connectivity index (χ2n) is 4.15. The lowest BCUT2D eigenvalue weighted by Crippen LogP contribution is -2.37. The van der Waals surface area contributed by atoms with E-state index >= 15 is 0 Å². The van der Waals surface area contributed by atoms with Crippen molar-refractivity contribution in [3.63, 3.8) is 0 Å². The predicted molar refractivity (Wildman–Crippen MR) is 71.0 cm³/mol. The van der Waals surface area contributed by atoms with E-state index in [2.05, 4.69) is 20.7 Å². The van der Waals surface area contributed by atoms with E-state index in [-0.39, 0.29) is 11.9 Å². The second-order valence-corrected chi connectivity index (χ2v) is 4.15.